The predicted octanol–water partition coefficient (Wildman–Crippen LogP) is 5.80. The van der Waals surface area contributed by atoms with Gasteiger partial charge in [-0.15, -0.1) is 0 Å². The molecule has 180 valence electrons. The Balaban J connectivity index is 1.63. The fourth-order valence-electron chi connectivity index (χ4n) is 5.02. The molecule has 1 amide bonds. The lowest BCUT2D eigenvalue weighted by atomic mass is 10.1. The molecular weight excluding hydrogens is 474 g/mol. The van der Waals surface area contributed by atoms with Crippen molar-refractivity contribution in [3.05, 3.63) is 81.0 Å². The fourth-order valence-corrected chi connectivity index (χ4v) is 6.26. The molecule has 2 aliphatic rings. The van der Waals surface area contributed by atoms with E-state index in [0.717, 1.165) is 48.1 Å². The van der Waals surface area contributed by atoms with E-state index in [1.165, 1.54) is 24.6 Å². The molecule has 7 heteroatoms. The van der Waals surface area contributed by atoms with Crippen LogP contribution >= 0.6 is 24.0 Å². The van der Waals surface area contributed by atoms with E-state index in [0.29, 0.717) is 27.9 Å². The number of hydrogen-bond acceptors (Lipinski definition) is 5. The Bertz CT molecular complexity index is 1360. The van der Waals surface area contributed by atoms with Crippen LogP contribution in [0.4, 0.5) is 5.69 Å². The van der Waals surface area contributed by atoms with Gasteiger partial charge in [-0.2, -0.15) is 0 Å². The van der Waals surface area contributed by atoms with Crippen molar-refractivity contribution >= 4 is 56.9 Å². The Kier molecular flexibility index (Phi) is 7.07. The molecule has 1 aromatic heterocycles. The number of thioether (sulfide) groups is 1. The van der Waals surface area contributed by atoms with E-state index >= 15 is 0 Å². The number of amides is 1. The second-order valence-electron chi connectivity index (χ2n) is 8.98. The highest BCUT2D eigenvalue weighted by atomic mass is 32.2. The van der Waals surface area contributed by atoms with E-state index in [1.807, 2.05) is 60.0 Å². The van der Waals surface area contributed by atoms with Crippen molar-refractivity contribution in [1.82, 2.24) is 9.47 Å². The maximum Gasteiger partial charge on any atom is 0.266 e. The standard InChI is InChI=1S/C28H29N3O2S2/c1-2-30-23-15-9-8-14-21(23)25(29-16-10-3-4-11-17-29)22(26(30)32)18-24-27(33)31(28(34)35-24)19-20-12-6-5-7-13-20/h5-9,12-15,18H,2-4,10-11,16-17,19H2,1H3. The van der Waals surface area contributed by atoms with Gasteiger partial charge in [0.2, 0.25) is 0 Å². The first-order valence-corrected chi connectivity index (χ1v) is 13.5. The summed E-state index contributed by atoms with van der Waals surface area (Å²) in [5.74, 6) is -0.138. The van der Waals surface area contributed by atoms with Crippen LogP contribution in [0, 0.1) is 0 Å². The minimum atomic E-state index is -0.138. The summed E-state index contributed by atoms with van der Waals surface area (Å²) < 4.78 is 2.34. The second kappa shape index (κ2) is 10.4. The predicted molar refractivity (Wildman–Crippen MR) is 150 cm³/mol. The number of anilines is 1. The lowest BCUT2D eigenvalue weighted by Gasteiger charge is -2.27. The number of rotatable bonds is 5. The van der Waals surface area contributed by atoms with Crippen LogP contribution in [-0.4, -0.2) is 32.8 Å². The van der Waals surface area contributed by atoms with E-state index in [9.17, 15) is 9.59 Å². The summed E-state index contributed by atoms with van der Waals surface area (Å²) >= 11 is 6.86. The third-order valence-corrected chi connectivity index (χ3v) is 8.13. The molecule has 2 aromatic carbocycles. The van der Waals surface area contributed by atoms with Crippen LogP contribution in [0.3, 0.4) is 0 Å². The maximum absolute atomic E-state index is 13.8. The Labute approximate surface area is 215 Å². The summed E-state index contributed by atoms with van der Waals surface area (Å²) in [6.45, 7) is 4.81. The van der Waals surface area contributed by atoms with Gasteiger partial charge in [0.05, 0.1) is 28.2 Å². The molecule has 5 rings (SSSR count). The molecule has 3 heterocycles. The van der Waals surface area contributed by atoms with E-state index in [1.54, 1.807) is 11.0 Å². The van der Waals surface area contributed by atoms with E-state index in [4.69, 9.17) is 12.2 Å². The number of benzene rings is 2. The minimum Gasteiger partial charge on any atom is -0.370 e. The van der Waals surface area contributed by atoms with E-state index in [-0.39, 0.29) is 11.5 Å². The number of aryl methyl sites for hydroxylation is 1. The van der Waals surface area contributed by atoms with Gasteiger partial charge in [-0.25, -0.2) is 0 Å². The summed E-state index contributed by atoms with van der Waals surface area (Å²) in [4.78, 5) is 31.8. The highest BCUT2D eigenvalue weighted by Gasteiger charge is 2.33. The first kappa shape index (κ1) is 23.8. The molecule has 0 saturated carbocycles. The molecule has 5 nitrogen and oxygen atoms in total. The monoisotopic (exact) mass is 503 g/mol. The zero-order chi connectivity index (χ0) is 24.4. The molecule has 0 aliphatic carbocycles. The van der Waals surface area contributed by atoms with Crippen LogP contribution in [0.1, 0.15) is 43.7 Å². The van der Waals surface area contributed by atoms with E-state index < -0.39 is 0 Å². The fraction of sp³-hybridized carbons (Fsp3) is 0.321. The topological polar surface area (TPSA) is 45.6 Å². The zero-order valence-electron chi connectivity index (χ0n) is 19.9. The number of carbonyl (C=O) groups is 1. The van der Waals surface area contributed by atoms with Crippen molar-refractivity contribution in [1.29, 1.82) is 0 Å². The van der Waals surface area contributed by atoms with Gasteiger partial charge in [0.15, 0.2) is 0 Å². The summed E-state index contributed by atoms with van der Waals surface area (Å²) in [6, 6.07) is 18.0. The van der Waals surface area contributed by atoms with Gasteiger partial charge in [-0.05, 0) is 37.5 Å². The average molecular weight is 504 g/mol. The number of para-hydroxylation sites is 1. The van der Waals surface area contributed by atoms with Crippen molar-refractivity contribution < 1.29 is 4.79 Å². The van der Waals surface area contributed by atoms with Gasteiger partial charge in [-0.1, -0.05) is 85.4 Å². The number of hydrogen-bond donors (Lipinski definition) is 0. The summed E-state index contributed by atoms with van der Waals surface area (Å²) in [5.41, 5.74) is 3.44. The summed E-state index contributed by atoms with van der Waals surface area (Å²) in [7, 11) is 0. The van der Waals surface area contributed by atoms with Crippen LogP contribution in [0.15, 0.2) is 64.3 Å². The first-order chi connectivity index (χ1) is 17.1. The van der Waals surface area contributed by atoms with E-state index in [2.05, 4.69) is 11.0 Å². The Morgan fingerprint density at radius 2 is 1.63 bits per heavy atom. The van der Waals surface area contributed by atoms with Gasteiger partial charge >= 0.3 is 0 Å². The summed E-state index contributed by atoms with van der Waals surface area (Å²) in [5, 5.41) is 1.06. The molecule has 35 heavy (non-hydrogen) atoms. The van der Waals surface area contributed by atoms with Crippen molar-refractivity contribution in [2.45, 2.75) is 45.7 Å². The number of nitrogens with zero attached hydrogens (tertiary/aromatic N) is 3. The van der Waals surface area contributed by atoms with Crippen molar-refractivity contribution in [2.24, 2.45) is 0 Å². The highest BCUT2D eigenvalue weighted by Crippen LogP contribution is 2.37. The molecule has 0 spiro atoms. The minimum absolute atomic E-state index is 0.0567. The smallest absolute Gasteiger partial charge is 0.266 e. The van der Waals surface area contributed by atoms with Crippen molar-refractivity contribution in [3.8, 4) is 0 Å². The van der Waals surface area contributed by atoms with Gasteiger partial charge < -0.3 is 9.47 Å². The molecule has 0 atom stereocenters. The third kappa shape index (κ3) is 4.67. The van der Waals surface area contributed by atoms with Crippen LogP contribution in [0.2, 0.25) is 0 Å². The molecule has 2 saturated heterocycles. The molecule has 2 aliphatic heterocycles. The zero-order valence-corrected chi connectivity index (χ0v) is 21.5. The largest absolute Gasteiger partial charge is 0.370 e. The van der Waals surface area contributed by atoms with Gasteiger partial charge in [0.25, 0.3) is 11.5 Å². The van der Waals surface area contributed by atoms with Crippen molar-refractivity contribution in [2.75, 3.05) is 18.0 Å². The highest BCUT2D eigenvalue weighted by molar-refractivity contribution is 8.26. The third-order valence-electron chi connectivity index (χ3n) is 6.75. The van der Waals surface area contributed by atoms with Crippen LogP contribution in [0.5, 0.6) is 0 Å². The van der Waals surface area contributed by atoms with Crippen LogP contribution < -0.4 is 10.5 Å². The number of aromatic nitrogens is 1. The molecule has 2 fully saturated rings. The summed E-state index contributed by atoms with van der Waals surface area (Å²) in [6.07, 6.45) is 6.40. The Morgan fingerprint density at radius 3 is 2.34 bits per heavy atom. The number of fused-ring (bicyclic) bond motifs is 1. The average Bonchev–Trinajstić information content (AvgIpc) is 3.05. The quantitative estimate of drug-likeness (QED) is 0.325. The number of carbonyl (C=O) groups excluding carboxylic acids is 1. The lowest BCUT2D eigenvalue weighted by Crippen LogP contribution is -2.31. The van der Waals surface area contributed by atoms with Gasteiger partial charge in [0.1, 0.15) is 4.32 Å². The Morgan fingerprint density at radius 1 is 0.943 bits per heavy atom. The number of thiocarbonyl (C=S) groups is 1. The number of pyridine rings is 1. The Hall–Kier alpha value is -2.90. The van der Waals surface area contributed by atoms with Crippen LogP contribution in [0.25, 0.3) is 17.0 Å². The molecule has 0 bridgehead atoms. The molecule has 0 N–H and O–H groups in total. The van der Waals surface area contributed by atoms with Gasteiger partial charge in [-0.3, -0.25) is 14.5 Å². The second-order valence-corrected chi connectivity index (χ2v) is 10.7. The molecular formula is C28H29N3O2S2. The molecule has 3 aromatic rings. The van der Waals surface area contributed by atoms with Crippen LogP contribution in [-0.2, 0) is 17.9 Å². The van der Waals surface area contributed by atoms with Crippen molar-refractivity contribution in [3.63, 3.8) is 0 Å². The molecule has 0 radical (unpaired) electrons. The normalized spacial score (nSPS) is 18.0. The first-order valence-electron chi connectivity index (χ1n) is 12.3. The van der Waals surface area contributed by atoms with Gasteiger partial charge in [0, 0.05) is 25.0 Å². The SMILES string of the molecule is CCn1c(=O)c(C=C2SC(=S)N(Cc3ccccc3)C2=O)c(N2CCCCCC2)c2ccccc21. The molecule has 0 unspecified atom stereocenters. The lowest BCUT2D eigenvalue weighted by molar-refractivity contribution is -0.122. The maximum atomic E-state index is 13.8.